The van der Waals surface area contributed by atoms with Crippen LogP contribution >= 0.6 is 7.26 Å². The van der Waals surface area contributed by atoms with Crippen LogP contribution in [0.2, 0.25) is 0 Å². The first-order valence-electron chi connectivity index (χ1n) is 10.5. The van der Waals surface area contributed by atoms with Gasteiger partial charge in [0.1, 0.15) is 6.54 Å². The molecule has 0 N–H and O–H groups in total. The number of hydrogen-bond donors (Lipinski definition) is 0. The third-order valence-electron chi connectivity index (χ3n) is 4.55. The van der Waals surface area contributed by atoms with Gasteiger partial charge in [0.15, 0.2) is 0 Å². The van der Waals surface area contributed by atoms with Gasteiger partial charge in [-0.3, -0.25) is 0 Å². The standard InChI is InChI=1S/C16H36P.C5H11NO2/c1-5-9-13-17(14-10-6-2,15-11-7-3)16-12-8-4;1-6(2,3)4-5(7)8/h5-16H2,1-4H3;4H2,1-3H3/q+1;. The van der Waals surface area contributed by atoms with Crippen LogP contribution in [-0.4, -0.2) is 62.8 Å². The molecule has 0 aliphatic heterocycles. The van der Waals surface area contributed by atoms with Crippen LogP contribution in [0.3, 0.4) is 0 Å². The molecule has 3 nitrogen and oxygen atoms in total. The van der Waals surface area contributed by atoms with E-state index in [0.717, 1.165) is 0 Å². The number of unbranched alkanes of at least 4 members (excludes halogenated alkanes) is 4. The lowest BCUT2D eigenvalue weighted by atomic mass is 10.4. The van der Waals surface area contributed by atoms with E-state index in [-0.39, 0.29) is 6.54 Å². The molecule has 0 aliphatic carbocycles. The summed E-state index contributed by atoms with van der Waals surface area (Å²) in [6, 6.07) is 0. The average Bonchev–Trinajstić information content (AvgIpc) is 2.52. The van der Waals surface area contributed by atoms with Gasteiger partial charge in [-0.25, -0.2) is 0 Å². The third-order valence-corrected chi connectivity index (χ3v) is 9.61. The number of carboxylic acids is 1. The number of rotatable bonds is 14. The molecule has 0 radical (unpaired) electrons. The van der Waals surface area contributed by atoms with E-state index in [1.54, 1.807) is 45.8 Å². The zero-order valence-corrected chi connectivity index (χ0v) is 19.3. The van der Waals surface area contributed by atoms with E-state index >= 15 is 0 Å². The number of carbonyl (C=O) groups excluding carboxylic acids is 1. The van der Waals surface area contributed by atoms with E-state index < -0.39 is 13.2 Å². The lowest BCUT2D eigenvalue weighted by Gasteiger charge is -2.28. The van der Waals surface area contributed by atoms with E-state index in [2.05, 4.69) is 27.7 Å². The number of nitrogens with zero attached hydrogens (tertiary/aromatic N) is 1. The Hall–Kier alpha value is -0.140. The smallest absolute Gasteiger partial charge is 0.118 e. The van der Waals surface area contributed by atoms with Crippen LogP contribution in [0.5, 0.6) is 0 Å². The van der Waals surface area contributed by atoms with Gasteiger partial charge in [0.25, 0.3) is 0 Å². The summed E-state index contributed by atoms with van der Waals surface area (Å²) in [5.41, 5.74) is 0. The molecule has 0 aliphatic rings. The predicted octanol–water partition coefficient (Wildman–Crippen LogP) is 4.65. The summed E-state index contributed by atoms with van der Waals surface area (Å²) in [6.07, 6.45) is 17.9. The van der Waals surface area contributed by atoms with Gasteiger partial charge in [-0.15, -0.1) is 0 Å². The highest BCUT2D eigenvalue weighted by Crippen LogP contribution is 2.61. The van der Waals surface area contributed by atoms with Gasteiger partial charge >= 0.3 is 0 Å². The lowest BCUT2D eigenvalue weighted by Crippen LogP contribution is -2.45. The number of hydrogen-bond acceptors (Lipinski definition) is 2. The topological polar surface area (TPSA) is 40.1 Å². The normalized spacial score (nSPS) is 11.8. The number of quaternary nitrogens is 1. The summed E-state index contributed by atoms with van der Waals surface area (Å²) in [4.78, 5) is 9.89. The maximum absolute atomic E-state index is 9.89. The first kappa shape index (κ1) is 27.1. The molecular weight excluding hydrogens is 329 g/mol. The predicted molar refractivity (Wildman–Crippen MR) is 114 cm³/mol. The summed E-state index contributed by atoms with van der Waals surface area (Å²) in [6.45, 7) is 9.49. The fourth-order valence-electron chi connectivity index (χ4n) is 3.03. The highest BCUT2D eigenvalue weighted by molar-refractivity contribution is 7.75. The SMILES string of the molecule is CCCC[P+](CCCC)(CCCC)CCCC.C[N+](C)(C)CC(=O)[O-]. The first-order chi connectivity index (χ1) is 11.7. The Balaban J connectivity index is 0. The van der Waals surface area contributed by atoms with Crippen LogP contribution in [0.1, 0.15) is 79.1 Å². The average molecular weight is 377 g/mol. The minimum atomic E-state index is -1.00. The van der Waals surface area contributed by atoms with Gasteiger partial charge in [-0.05, 0) is 25.7 Å². The quantitative estimate of drug-likeness (QED) is 0.327. The summed E-state index contributed by atoms with van der Waals surface area (Å²) >= 11 is 0. The van der Waals surface area contributed by atoms with Crippen LogP contribution < -0.4 is 5.11 Å². The zero-order valence-electron chi connectivity index (χ0n) is 18.4. The Kier molecular flexibility index (Phi) is 17.4. The van der Waals surface area contributed by atoms with Crippen molar-refractivity contribution < 1.29 is 14.4 Å². The Morgan fingerprint density at radius 3 is 1.12 bits per heavy atom. The molecular formula is C21H47NO2P+. The molecule has 0 saturated heterocycles. The van der Waals surface area contributed by atoms with Gasteiger partial charge in [0.2, 0.25) is 0 Å². The minimum absolute atomic E-state index is 0.0694. The fourth-order valence-corrected chi connectivity index (χ4v) is 8.32. The molecule has 0 spiro atoms. The first-order valence-corrected chi connectivity index (χ1v) is 13.0. The maximum atomic E-state index is 9.89. The van der Waals surface area contributed by atoms with Crippen molar-refractivity contribution in [3.05, 3.63) is 0 Å². The van der Waals surface area contributed by atoms with Gasteiger partial charge in [0, 0.05) is 7.26 Å². The molecule has 4 heteroatoms. The van der Waals surface area contributed by atoms with Gasteiger partial charge in [-0.1, -0.05) is 53.4 Å². The summed E-state index contributed by atoms with van der Waals surface area (Å²) in [5, 5.41) is 9.89. The van der Waals surface area contributed by atoms with Crippen molar-refractivity contribution >= 4 is 13.2 Å². The molecule has 0 saturated carbocycles. The second kappa shape index (κ2) is 16.1. The van der Waals surface area contributed by atoms with Crippen molar-refractivity contribution in [1.29, 1.82) is 0 Å². The van der Waals surface area contributed by atoms with Crippen molar-refractivity contribution in [2.24, 2.45) is 0 Å². The zero-order chi connectivity index (χ0) is 19.8. The second-order valence-electron chi connectivity index (χ2n) is 8.47. The van der Waals surface area contributed by atoms with Gasteiger partial charge in [0.05, 0.1) is 51.8 Å². The number of carboxylic acid groups (broad SMARTS) is 1. The van der Waals surface area contributed by atoms with E-state index in [1.165, 1.54) is 51.4 Å². The van der Waals surface area contributed by atoms with Crippen molar-refractivity contribution in [3.8, 4) is 0 Å². The maximum Gasteiger partial charge on any atom is 0.118 e. The van der Waals surface area contributed by atoms with E-state index in [1.807, 2.05) is 0 Å². The monoisotopic (exact) mass is 376 g/mol. The van der Waals surface area contributed by atoms with Gasteiger partial charge < -0.3 is 14.4 Å². The molecule has 0 aromatic heterocycles. The van der Waals surface area contributed by atoms with Crippen LogP contribution in [0.15, 0.2) is 0 Å². The van der Waals surface area contributed by atoms with Crippen molar-refractivity contribution in [2.45, 2.75) is 79.1 Å². The molecule has 0 unspecified atom stereocenters. The Morgan fingerprint density at radius 1 is 0.720 bits per heavy atom. The van der Waals surface area contributed by atoms with Crippen LogP contribution in [0, 0.1) is 0 Å². The van der Waals surface area contributed by atoms with E-state index in [9.17, 15) is 9.90 Å². The molecule has 25 heavy (non-hydrogen) atoms. The van der Waals surface area contributed by atoms with Gasteiger partial charge in [-0.2, -0.15) is 0 Å². The molecule has 0 atom stereocenters. The molecule has 0 aromatic rings. The Labute approximate surface area is 159 Å². The highest BCUT2D eigenvalue weighted by Gasteiger charge is 2.34. The van der Waals surface area contributed by atoms with Crippen LogP contribution in [-0.2, 0) is 4.79 Å². The molecule has 0 fully saturated rings. The molecule has 0 heterocycles. The van der Waals surface area contributed by atoms with E-state index in [0.29, 0.717) is 4.48 Å². The number of likely N-dealkylation sites (N-methyl/N-ethyl adjacent to an activating group) is 1. The fraction of sp³-hybridized carbons (Fsp3) is 0.952. The Bertz CT molecular complexity index is 276. The van der Waals surface area contributed by atoms with Crippen molar-refractivity contribution in [1.82, 2.24) is 0 Å². The van der Waals surface area contributed by atoms with Crippen molar-refractivity contribution in [2.75, 3.05) is 52.3 Å². The Morgan fingerprint density at radius 2 is 1.00 bits per heavy atom. The number of aliphatic carboxylic acids is 1. The largest absolute Gasteiger partial charge is 0.544 e. The summed E-state index contributed by atoms with van der Waals surface area (Å²) < 4.78 is 0.419. The second-order valence-corrected chi connectivity index (χ2v) is 12.9. The lowest BCUT2D eigenvalue weighted by molar-refractivity contribution is -0.864. The molecule has 0 rings (SSSR count). The van der Waals surface area contributed by atoms with E-state index in [4.69, 9.17) is 0 Å². The van der Waals surface area contributed by atoms with Crippen LogP contribution in [0.25, 0.3) is 0 Å². The molecule has 152 valence electrons. The molecule has 0 amide bonds. The minimum Gasteiger partial charge on any atom is -0.544 e. The molecule has 0 aromatic carbocycles. The summed E-state index contributed by atoms with van der Waals surface area (Å²) in [5.74, 6) is -1.00. The third kappa shape index (κ3) is 18.4. The van der Waals surface area contributed by atoms with Crippen molar-refractivity contribution in [3.63, 3.8) is 0 Å². The highest BCUT2D eigenvalue weighted by atomic mass is 31.2. The summed E-state index contributed by atoms with van der Waals surface area (Å²) in [7, 11) is 4.84. The number of carbonyl (C=O) groups is 1. The molecule has 0 bridgehead atoms. The van der Waals surface area contributed by atoms with Crippen LogP contribution in [0.4, 0.5) is 0 Å².